The number of hydrogen-bond acceptors (Lipinski definition) is 4. The van der Waals surface area contributed by atoms with Crippen LogP contribution < -0.4 is 10.1 Å². The normalized spacial score (nSPS) is 15.0. The van der Waals surface area contributed by atoms with Gasteiger partial charge in [-0.1, -0.05) is 6.07 Å². The summed E-state index contributed by atoms with van der Waals surface area (Å²) in [7, 11) is 1.53. The lowest BCUT2D eigenvalue weighted by Crippen LogP contribution is -2.37. The van der Waals surface area contributed by atoms with E-state index in [2.05, 4.69) is 5.32 Å². The molecule has 1 saturated heterocycles. The van der Waals surface area contributed by atoms with Crippen LogP contribution in [0.4, 0.5) is 0 Å². The Balaban J connectivity index is 1.70. The van der Waals surface area contributed by atoms with Gasteiger partial charge in [0.15, 0.2) is 11.5 Å². The lowest BCUT2D eigenvalue weighted by molar-refractivity contribution is -0.131. The lowest BCUT2D eigenvalue weighted by atomic mass is 10.1. The predicted molar refractivity (Wildman–Crippen MR) is 81.4 cm³/mol. The van der Waals surface area contributed by atoms with Gasteiger partial charge in [0.2, 0.25) is 5.91 Å². The van der Waals surface area contributed by atoms with E-state index in [0.717, 1.165) is 31.5 Å². The first-order valence-corrected chi connectivity index (χ1v) is 7.55. The zero-order valence-electron chi connectivity index (χ0n) is 12.6. The Bertz CT molecular complexity index is 471. The van der Waals surface area contributed by atoms with E-state index in [1.54, 1.807) is 12.1 Å². The first-order valence-electron chi connectivity index (χ1n) is 7.55. The molecule has 0 atom stereocenters. The van der Waals surface area contributed by atoms with E-state index in [4.69, 9.17) is 4.74 Å². The molecular formula is C16H24N2O3. The van der Waals surface area contributed by atoms with Crippen LogP contribution in [0.2, 0.25) is 0 Å². The number of phenolic OH excluding ortho intramolecular Hbond substituents is 1. The summed E-state index contributed by atoms with van der Waals surface area (Å²) in [6.07, 6.45) is 4.04. The van der Waals surface area contributed by atoms with Gasteiger partial charge in [0.05, 0.1) is 7.11 Å². The van der Waals surface area contributed by atoms with E-state index >= 15 is 0 Å². The fourth-order valence-electron chi connectivity index (χ4n) is 2.56. The van der Waals surface area contributed by atoms with E-state index in [1.165, 1.54) is 13.5 Å². The highest BCUT2D eigenvalue weighted by Crippen LogP contribution is 2.26. The molecule has 21 heavy (non-hydrogen) atoms. The molecule has 1 amide bonds. The Labute approximate surface area is 125 Å². The molecule has 0 radical (unpaired) electrons. The molecule has 0 bridgehead atoms. The number of ether oxygens (including phenoxy) is 1. The number of amides is 1. The molecule has 1 aromatic rings. The van der Waals surface area contributed by atoms with Crippen molar-refractivity contribution in [2.24, 2.45) is 0 Å². The van der Waals surface area contributed by atoms with Gasteiger partial charge in [-0.05, 0) is 37.0 Å². The number of carbonyl (C=O) groups is 1. The van der Waals surface area contributed by atoms with Crippen molar-refractivity contribution < 1.29 is 14.6 Å². The van der Waals surface area contributed by atoms with E-state index in [1.807, 2.05) is 11.0 Å². The summed E-state index contributed by atoms with van der Waals surface area (Å²) in [5.41, 5.74) is 1.02. The van der Waals surface area contributed by atoms with Gasteiger partial charge in [0.1, 0.15) is 0 Å². The molecule has 0 saturated carbocycles. The molecule has 0 spiro atoms. The molecule has 1 heterocycles. The third kappa shape index (κ3) is 4.63. The van der Waals surface area contributed by atoms with Crippen LogP contribution in [0, 0.1) is 0 Å². The molecular weight excluding hydrogens is 268 g/mol. The SMILES string of the molecule is COc1cc(CNCCC(=O)N2CCCCC2)ccc1O. The van der Waals surface area contributed by atoms with Crippen molar-refractivity contribution in [2.75, 3.05) is 26.7 Å². The van der Waals surface area contributed by atoms with Crippen molar-refractivity contribution >= 4 is 5.91 Å². The number of hydrogen-bond donors (Lipinski definition) is 2. The summed E-state index contributed by atoms with van der Waals surface area (Å²) in [5.74, 6) is 0.853. The fourth-order valence-corrected chi connectivity index (χ4v) is 2.56. The van der Waals surface area contributed by atoms with Crippen LogP contribution >= 0.6 is 0 Å². The zero-order chi connectivity index (χ0) is 15.1. The molecule has 1 aliphatic heterocycles. The number of carbonyl (C=O) groups excluding carboxylic acids is 1. The monoisotopic (exact) mass is 292 g/mol. The van der Waals surface area contributed by atoms with Crippen molar-refractivity contribution in [2.45, 2.75) is 32.2 Å². The standard InChI is InChI=1S/C16H24N2O3/c1-21-15-11-13(5-6-14(15)19)12-17-8-7-16(20)18-9-3-2-4-10-18/h5-6,11,17,19H,2-4,7-10,12H2,1H3. The first kappa shape index (κ1) is 15.6. The molecule has 1 aromatic carbocycles. The number of phenols is 1. The van der Waals surface area contributed by atoms with Gasteiger partial charge >= 0.3 is 0 Å². The van der Waals surface area contributed by atoms with Gasteiger partial charge in [-0.2, -0.15) is 0 Å². The molecule has 5 nitrogen and oxygen atoms in total. The topological polar surface area (TPSA) is 61.8 Å². The molecule has 2 N–H and O–H groups in total. The second-order valence-corrected chi connectivity index (χ2v) is 5.37. The number of benzene rings is 1. The first-order chi connectivity index (χ1) is 10.2. The molecule has 1 aliphatic rings. The predicted octanol–water partition coefficient (Wildman–Crippen LogP) is 1.89. The smallest absolute Gasteiger partial charge is 0.223 e. The number of likely N-dealkylation sites (tertiary alicyclic amines) is 1. The van der Waals surface area contributed by atoms with Crippen molar-refractivity contribution in [3.8, 4) is 11.5 Å². The highest BCUT2D eigenvalue weighted by molar-refractivity contribution is 5.76. The number of methoxy groups -OCH3 is 1. The van der Waals surface area contributed by atoms with Crippen molar-refractivity contribution in [1.29, 1.82) is 0 Å². The Morgan fingerprint density at radius 3 is 2.81 bits per heavy atom. The van der Waals surface area contributed by atoms with Gasteiger partial charge in [-0.3, -0.25) is 4.79 Å². The van der Waals surface area contributed by atoms with Crippen molar-refractivity contribution in [3.05, 3.63) is 23.8 Å². The maximum atomic E-state index is 12.0. The van der Waals surface area contributed by atoms with Crippen LogP contribution in [0.1, 0.15) is 31.2 Å². The minimum atomic E-state index is 0.140. The molecule has 116 valence electrons. The summed E-state index contributed by atoms with van der Waals surface area (Å²) >= 11 is 0. The lowest BCUT2D eigenvalue weighted by Gasteiger charge is -2.26. The minimum absolute atomic E-state index is 0.140. The summed E-state index contributed by atoms with van der Waals surface area (Å²) in [6.45, 7) is 3.14. The van der Waals surface area contributed by atoms with Crippen LogP contribution in [0.15, 0.2) is 18.2 Å². The summed E-state index contributed by atoms with van der Waals surface area (Å²) in [5, 5.41) is 12.8. The number of aromatic hydroxyl groups is 1. The number of rotatable bonds is 6. The third-order valence-electron chi connectivity index (χ3n) is 3.80. The zero-order valence-corrected chi connectivity index (χ0v) is 12.6. The van der Waals surface area contributed by atoms with Crippen LogP contribution in [0.25, 0.3) is 0 Å². The third-order valence-corrected chi connectivity index (χ3v) is 3.80. The van der Waals surface area contributed by atoms with Gasteiger partial charge in [0, 0.05) is 32.6 Å². The largest absolute Gasteiger partial charge is 0.504 e. The van der Waals surface area contributed by atoms with Gasteiger partial charge in [0.25, 0.3) is 0 Å². The van der Waals surface area contributed by atoms with E-state index in [0.29, 0.717) is 25.3 Å². The second kappa shape index (κ2) is 7.88. The van der Waals surface area contributed by atoms with Gasteiger partial charge in [-0.15, -0.1) is 0 Å². The molecule has 0 unspecified atom stereocenters. The van der Waals surface area contributed by atoms with E-state index < -0.39 is 0 Å². The molecule has 5 heteroatoms. The maximum Gasteiger partial charge on any atom is 0.223 e. The number of nitrogens with one attached hydrogen (secondary N) is 1. The summed E-state index contributed by atoms with van der Waals surface area (Å²) in [4.78, 5) is 14.0. The highest BCUT2D eigenvalue weighted by Gasteiger charge is 2.15. The van der Waals surface area contributed by atoms with Gasteiger partial charge < -0.3 is 20.1 Å². The quantitative estimate of drug-likeness (QED) is 0.786. The van der Waals surface area contributed by atoms with Crippen LogP contribution in [-0.2, 0) is 11.3 Å². The average molecular weight is 292 g/mol. The van der Waals surface area contributed by atoms with Gasteiger partial charge in [-0.25, -0.2) is 0 Å². The van der Waals surface area contributed by atoms with E-state index in [9.17, 15) is 9.90 Å². The molecule has 2 rings (SSSR count). The minimum Gasteiger partial charge on any atom is -0.504 e. The second-order valence-electron chi connectivity index (χ2n) is 5.37. The van der Waals surface area contributed by atoms with Crippen LogP contribution in [0.3, 0.4) is 0 Å². The Morgan fingerprint density at radius 2 is 2.10 bits per heavy atom. The Kier molecular flexibility index (Phi) is 5.87. The summed E-state index contributed by atoms with van der Waals surface area (Å²) in [6, 6.07) is 5.26. The van der Waals surface area contributed by atoms with E-state index in [-0.39, 0.29) is 11.7 Å². The number of piperidine rings is 1. The number of nitrogens with zero attached hydrogens (tertiary/aromatic N) is 1. The summed E-state index contributed by atoms with van der Waals surface area (Å²) < 4.78 is 5.07. The molecule has 1 fully saturated rings. The highest BCUT2D eigenvalue weighted by atomic mass is 16.5. The fraction of sp³-hybridized carbons (Fsp3) is 0.562. The molecule has 0 aromatic heterocycles. The van der Waals surface area contributed by atoms with Crippen molar-refractivity contribution in [1.82, 2.24) is 10.2 Å². The average Bonchev–Trinajstić information content (AvgIpc) is 2.53. The van der Waals surface area contributed by atoms with Crippen molar-refractivity contribution in [3.63, 3.8) is 0 Å². The van der Waals surface area contributed by atoms with Crippen LogP contribution in [-0.4, -0.2) is 42.7 Å². The Hall–Kier alpha value is -1.75. The molecule has 0 aliphatic carbocycles. The maximum absolute atomic E-state index is 12.0. The Morgan fingerprint density at radius 1 is 1.33 bits per heavy atom. The van der Waals surface area contributed by atoms with Crippen LogP contribution in [0.5, 0.6) is 11.5 Å².